The Hall–Kier alpha value is -0.570. The molecule has 0 aromatic rings. The van der Waals surface area contributed by atoms with E-state index in [-0.39, 0.29) is 11.3 Å². The van der Waals surface area contributed by atoms with Gasteiger partial charge in [-0.1, -0.05) is 13.8 Å². The van der Waals surface area contributed by atoms with Gasteiger partial charge in [0, 0.05) is 12.0 Å². The van der Waals surface area contributed by atoms with Crippen LogP contribution >= 0.6 is 0 Å². The lowest BCUT2D eigenvalue weighted by atomic mass is 9.49. The highest BCUT2D eigenvalue weighted by Gasteiger charge is 2.54. The van der Waals surface area contributed by atoms with Crippen LogP contribution in [0, 0.1) is 23.2 Å². The second kappa shape index (κ2) is 5.01. The number of rotatable bonds is 5. The summed E-state index contributed by atoms with van der Waals surface area (Å²) in [4.78, 5) is 12.8. The van der Waals surface area contributed by atoms with Crippen LogP contribution < -0.4 is 5.32 Å². The molecule has 0 aromatic carbocycles. The molecule has 114 valence electrons. The Morgan fingerprint density at radius 2 is 1.55 bits per heavy atom. The van der Waals surface area contributed by atoms with Crippen molar-refractivity contribution in [3.63, 3.8) is 0 Å². The molecule has 0 atom stereocenters. The number of nitrogens with one attached hydrogen (secondary N) is 1. The Morgan fingerprint density at radius 3 is 1.95 bits per heavy atom. The van der Waals surface area contributed by atoms with E-state index in [4.69, 9.17) is 0 Å². The van der Waals surface area contributed by atoms with Crippen molar-refractivity contribution in [2.45, 2.75) is 70.8 Å². The standard InChI is InChI=1S/C17H29NO2/c1-3-17(20,4-2)11-18-15(19)16-8-12-5-13(9-16)7-14(6-12)10-16/h12-14,20H,3-11H2,1-2H3,(H,18,19). The molecule has 0 radical (unpaired) electrons. The van der Waals surface area contributed by atoms with Gasteiger partial charge in [-0.15, -0.1) is 0 Å². The highest BCUT2D eigenvalue weighted by atomic mass is 16.3. The second-order valence-corrected chi connectivity index (χ2v) is 7.81. The second-order valence-electron chi connectivity index (χ2n) is 7.81. The van der Waals surface area contributed by atoms with Crippen molar-refractivity contribution in [3.05, 3.63) is 0 Å². The zero-order valence-electron chi connectivity index (χ0n) is 13.0. The van der Waals surface area contributed by atoms with Crippen molar-refractivity contribution < 1.29 is 9.90 Å². The van der Waals surface area contributed by atoms with Gasteiger partial charge in [0.25, 0.3) is 0 Å². The first-order valence-corrected chi connectivity index (χ1v) is 8.49. The first kappa shape index (κ1) is 14.4. The van der Waals surface area contributed by atoms with Gasteiger partial charge in [0.05, 0.1) is 5.60 Å². The summed E-state index contributed by atoms with van der Waals surface area (Å²) in [5.74, 6) is 2.62. The summed E-state index contributed by atoms with van der Waals surface area (Å²) in [5.41, 5.74) is -0.810. The third kappa shape index (κ3) is 2.38. The van der Waals surface area contributed by atoms with Gasteiger partial charge >= 0.3 is 0 Å². The Kier molecular flexibility index (Phi) is 3.60. The molecule has 4 rings (SSSR count). The van der Waals surface area contributed by atoms with Crippen molar-refractivity contribution in [1.82, 2.24) is 5.32 Å². The van der Waals surface area contributed by atoms with Crippen molar-refractivity contribution in [3.8, 4) is 0 Å². The van der Waals surface area contributed by atoms with Crippen LogP contribution in [0.4, 0.5) is 0 Å². The summed E-state index contributed by atoms with van der Waals surface area (Å²) in [6.07, 6.45) is 8.78. The van der Waals surface area contributed by atoms with Crippen LogP contribution in [-0.4, -0.2) is 23.2 Å². The van der Waals surface area contributed by atoms with E-state index in [1.807, 2.05) is 13.8 Å². The molecule has 0 aliphatic heterocycles. The van der Waals surface area contributed by atoms with E-state index in [2.05, 4.69) is 5.32 Å². The highest BCUT2D eigenvalue weighted by molar-refractivity contribution is 5.83. The zero-order chi connectivity index (χ0) is 14.4. The molecule has 3 heteroatoms. The first-order valence-electron chi connectivity index (χ1n) is 8.49. The number of hydrogen-bond acceptors (Lipinski definition) is 2. The summed E-state index contributed by atoms with van der Waals surface area (Å²) in [5, 5.41) is 13.4. The number of aliphatic hydroxyl groups is 1. The molecule has 3 nitrogen and oxygen atoms in total. The van der Waals surface area contributed by atoms with Crippen LogP contribution in [0.25, 0.3) is 0 Å². The Labute approximate surface area is 122 Å². The lowest BCUT2D eigenvalue weighted by Gasteiger charge is -2.55. The van der Waals surface area contributed by atoms with Crippen LogP contribution in [0.2, 0.25) is 0 Å². The van der Waals surface area contributed by atoms with Crippen LogP contribution in [0.5, 0.6) is 0 Å². The molecule has 4 saturated carbocycles. The topological polar surface area (TPSA) is 49.3 Å². The third-order valence-corrected chi connectivity index (χ3v) is 6.41. The largest absolute Gasteiger partial charge is 0.388 e. The minimum atomic E-state index is -0.724. The van der Waals surface area contributed by atoms with Crippen LogP contribution in [0.1, 0.15) is 65.2 Å². The Balaban J connectivity index is 1.65. The summed E-state index contributed by atoms with van der Waals surface area (Å²) >= 11 is 0. The summed E-state index contributed by atoms with van der Waals surface area (Å²) in [6, 6.07) is 0. The number of carbonyl (C=O) groups is 1. The lowest BCUT2D eigenvalue weighted by molar-refractivity contribution is -0.147. The average Bonchev–Trinajstić information content (AvgIpc) is 2.43. The lowest BCUT2D eigenvalue weighted by Crippen LogP contribution is -2.55. The predicted molar refractivity (Wildman–Crippen MR) is 79.1 cm³/mol. The molecule has 20 heavy (non-hydrogen) atoms. The van der Waals surface area contributed by atoms with Gasteiger partial charge < -0.3 is 10.4 Å². The molecule has 4 aliphatic carbocycles. The minimum Gasteiger partial charge on any atom is -0.388 e. The van der Waals surface area contributed by atoms with Crippen molar-refractivity contribution in [2.75, 3.05) is 6.54 Å². The van der Waals surface area contributed by atoms with E-state index in [9.17, 15) is 9.90 Å². The molecule has 0 aromatic heterocycles. The molecule has 0 heterocycles. The van der Waals surface area contributed by atoms with Crippen LogP contribution in [0.15, 0.2) is 0 Å². The maximum absolute atomic E-state index is 12.8. The van der Waals surface area contributed by atoms with E-state index in [0.29, 0.717) is 19.4 Å². The van der Waals surface area contributed by atoms with E-state index < -0.39 is 5.60 Å². The van der Waals surface area contributed by atoms with Crippen molar-refractivity contribution in [1.29, 1.82) is 0 Å². The maximum Gasteiger partial charge on any atom is 0.226 e. The molecular formula is C17H29NO2. The van der Waals surface area contributed by atoms with Crippen LogP contribution in [-0.2, 0) is 4.79 Å². The van der Waals surface area contributed by atoms with Gasteiger partial charge in [0.15, 0.2) is 0 Å². The third-order valence-electron chi connectivity index (χ3n) is 6.41. The molecule has 2 N–H and O–H groups in total. The van der Waals surface area contributed by atoms with Gasteiger partial charge in [0.1, 0.15) is 0 Å². The SMILES string of the molecule is CCC(O)(CC)CNC(=O)C12CC3CC(CC(C3)C1)C2. The summed E-state index contributed by atoms with van der Waals surface area (Å²) < 4.78 is 0. The number of carbonyl (C=O) groups excluding carboxylic acids is 1. The molecule has 0 saturated heterocycles. The molecule has 4 fully saturated rings. The quantitative estimate of drug-likeness (QED) is 0.813. The summed E-state index contributed by atoms with van der Waals surface area (Å²) in [7, 11) is 0. The number of hydrogen-bond donors (Lipinski definition) is 2. The monoisotopic (exact) mass is 279 g/mol. The van der Waals surface area contributed by atoms with Gasteiger partial charge in [-0.2, -0.15) is 0 Å². The normalized spacial score (nSPS) is 39.0. The first-order chi connectivity index (χ1) is 9.48. The predicted octanol–water partition coefficient (Wildman–Crippen LogP) is 2.87. The fourth-order valence-electron chi connectivity index (χ4n) is 5.32. The minimum absolute atomic E-state index is 0.0862. The zero-order valence-corrected chi connectivity index (χ0v) is 13.0. The van der Waals surface area contributed by atoms with E-state index in [1.54, 1.807) is 0 Å². The molecule has 0 unspecified atom stereocenters. The fraction of sp³-hybridized carbons (Fsp3) is 0.941. The highest BCUT2D eigenvalue weighted by Crippen LogP contribution is 2.60. The van der Waals surface area contributed by atoms with E-state index in [0.717, 1.165) is 37.0 Å². The van der Waals surface area contributed by atoms with Gasteiger partial charge in [-0.05, 0) is 69.1 Å². The van der Waals surface area contributed by atoms with Gasteiger partial charge in [-0.25, -0.2) is 0 Å². The van der Waals surface area contributed by atoms with Crippen molar-refractivity contribution >= 4 is 5.91 Å². The molecule has 4 aliphatic rings. The molecule has 1 amide bonds. The van der Waals surface area contributed by atoms with Gasteiger partial charge in [0.2, 0.25) is 5.91 Å². The molecule has 4 bridgehead atoms. The Bertz CT molecular complexity index is 351. The number of amides is 1. The Morgan fingerprint density at radius 1 is 1.10 bits per heavy atom. The maximum atomic E-state index is 12.8. The van der Waals surface area contributed by atoms with E-state index >= 15 is 0 Å². The van der Waals surface area contributed by atoms with Crippen molar-refractivity contribution in [2.24, 2.45) is 23.2 Å². The summed E-state index contributed by atoms with van der Waals surface area (Å²) in [6.45, 7) is 4.39. The average molecular weight is 279 g/mol. The fourth-order valence-corrected chi connectivity index (χ4v) is 5.32. The smallest absolute Gasteiger partial charge is 0.226 e. The van der Waals surface area contributed by atoms with Gasteiger partial charge in [-0.3, -0.25) is 4.79 Å². The molecular weight excluding hydrogens is 250 g/mol. The van der Waals surface area contributed by atoms with Crippen LogP contribution in [0.3, 0.4) is 0 Å². The molecule has 0 spiro atoms. The van der Waals surface area contributed by atoms with E-state index in [1.165, 1.54) is 19.3 Å².